The van der Waals surface area contributed by atoms with Gasteiger partial charge in [-0.2, -0.15) is 0 Å². The van der Waals surface area contributed by atoms with Gasteiger partial charge in [0.2, 0.25) is 0 Å². The first-order valence-corrected chi connectivity index (χ1v) is 6.78. The van der Waals surface area contributed by atoms with Crippen molar-refractivity contribution in [3.05, 3.63) is 23.8 Å². The highest BCUT2D eigenvalue weighted by molar-refractivity contribution is 5.70. The molecular formula is C15H24N2O2. The van der Waals surface area contributed by atoms with Crippen LogP contribution in [0.1, 0.15) is 25.8 Å². The summed E-state index contributed by atoms with van der Waals surface area (Å²) in [5, 5.41) is 3.26. The normalized spacial score (nSPS) is 10.1. The van der Waals surface area contributed by atoms with Crippen LogP contribution in [0.25, 0.3) is 0 Å². The first kappa shape index (κ1) is 15.3. The second-order valence-electron chi connectivity index (χ2n) is 4.42. The molecule has 19 heavy (non-hydrogen) atoms. The minimum atomic E-state index is -0.190. The molecule has 4 nitrogen and oxygen atoms in total. The van der Waals surface area contributed by atoms with Crippen LogP contribution in [0.15, 0.2) is 18.2 Å². The van der Waals surface area contributed by atoms with E-state index >= 15 is 0 Å². The highest BCUT2D eigenvalue weighted by atomic mass is 16.5. The molecule has 1 aromatic rings. The third-order valence-electron chi connectivity index (χ3n) is 3.21. The standard InChI is InChI=1S/C15H24N2O2/c1-5-17(6-2)13-7-8-14(12(3)11-13)16-10-9-15(18)19-4/h7-8,11,16H,5-6,9-10H2,1-4H3. The van der Waals surface area contributed by atoms with Gasteiger partial charge in [0.1, 0.15) is 0 Å². The summed E-state index contributed by atoms with van der Waals surface area (Å²) >= 11 is 0. The Bertz CT molecular complexity index is 415. The summed E-state index contributed by atoms with van der Waals surface area (Å²) < 4.78 is 4.61. The van der Waals surface area contributed by atoms with Crippen LogP contribution in [0.2, 0.25) is 0 Å². The molecule has 0 spiro atoms. The van der Waals surface area contributed by atoms with E-state index in [1.54, 1.807) is 0 Å². The van der Waals surface area contributed by atoms with Gasteiger partial charge < -0.3 is 15.0 Å². The number of nitrogens with one attached hydrogen (secondary N) is 1. The second kappa shape index (κ2) is 7.67. The summed E-state index contributed by atoms with van der Waals surface area (Å²) in [6.07, 6.45) is 0.383. The molecule has 0 aliphatic rings. The number of nitrogens with zero attached hydrogens (tertiary/aromatic N) is 1. The zero-order valence-corrected chi connectivity index (χ0v) is 12.3. The van der Waals surface area contributed by atoms with Crippen LogP contribution in [0.5, 0.6) is 0 Å². The number of aryl methyl sites for hydroxylation is 1. The van der Waals surface area contributed by atoms with Crippen LogP contribution in [0.4, 0.5) is 11.4 Å². The third kappa shape index (κ3) is 4.47. The number of hydrogen-bond donors (Lipinski definition) is 1. The maximum Gasteiger partial charge on any atom is 0.307 e. The maximum absolute atomic E-state index is 11.0. The van der Waals surface area contributed by atoms with Gasteiger partial charge in [0.05, 0.1) is 13.5 Å². The van der Waals surface area contributed by atoms with Crippen LogP contribution in [-0.4, -0.2) is 32.7 Å². The van der Waals surface area contributed by atoms with Crippen molar-refractivity contribution in [2.75, 3.05) is 37.0 Å². The molecular weight excluding hydrogens is 240 g/mol. The molecule has 0 radical (unpaired) electrons. The Labute approximate surface area is 115 Å². The van der Waals surface area contributed by atoms with Gasteiger partial charge in [-0.1, -0.05) is 0 Å². The Morgan fingerprint density at radius 2 is 2.00 bits per heavy atom. The Morgan fingerprint density at radius 3 is 2.53 bits per heavy atom. The molecule has 1 rings (SSSR count). The molecule has 0 unspecified atom stereocenters. The predicted molar refractivity (Wildman–Crippen MR) is 79.9 cm³/mol. The minimum Gasteiger partial charge on any atom is -0.469 e. The number of methoxy groups -OCH3 is 1. The molecule has 0 saturated heterocycles. The van der Waals surface area contributed by atoms with E-state index in [0.717, 1.165) is 18.8 Å². The van der Waals surface area contributed by atoms with Gasteiger partial charge >= 0.3 is 5.97 Å². The van der Waals surface area contributed by atoms with E-state index in [-0.39, 0.29) is 5.97 Å². The molecule has 0 fully saturated rings. The fourth-order valence-corrected chi connectivity index (χ4v) is 2.03. The topological polar surface area (TPSA) is 41.6 Å². The summed E-state index contributed by atoms with van der Waals surface area (Å²) in [4.78, 5) is 13.3. The summed E-state index contributed by atoms with van der Waals surface area (Å²) in [7, 11) is 1.41. The average Bonchev–Trinajstić information content (AvgIpc) is 2.42. The fourth-order valence-electron chi connectivity index (χ4n) is 2.03. The first-order chi connectivity index (χ1) is 9.12. The van der Waals surface area contributed by atoms with Gasteiger partial charge in [0.25, 0.3) is 0 Å². The van der Waals surface area contributed by atoms with E-state index in [9.17, 15) is 4.79 Å². The lowest BCUT2D eigenvalue weighted by atomic mass is 10.1. The Hall–Kier alpha value is -1.71. The molecule has 0 amide bonds. The SMILES string of the molecule is CCN(CC)c1ccc(NCCC(=O)OC)c(C)c1. The molecule has 0 saturated carbocycles. The molecule has 0 aliphatic heterocycles. The van der Waals surface area contributed by atoms with Gasteiger partial charge in [-0.05, 0) is 44.5 Å². The highest BCUT2D eigenvalue weighted by Crippen LogP contribution is 2.22. The molecule has 4 heteroatoms. The van der Waals surface area contributed by atoms with Crippen molar-refractivity contribution in [2.24, 2.45) is 0 Å². The van der Waals surface area contributed by atoms with Gasteiger partial charge in [-0.15, -0.1) is 0 Å². The molecule has 1 N–H and O–H groups in total. The van der Waals surface area contributed by atoms with Crippen molar-refractivity contribution in [1.29, 1.82) is 0 Å². The Balaban J connectivity index is 2.64. The quantitative estimate of drug-likeness (QED) is 0.769. The van der Waals surface area contributed by atoms with E-state index < -0.39 is 0 Å². The van der Waals surface area contributed by atoms with Crippen LogP contribution in [0, 0.1) is 6.92 Å². The molecule has 106 valence electrons. The number of hydrogen-bond acceptors (Lipinski definition) is 4. The summed E-state index contributed by atoms with van der Waals surface area (Å²) in [5.74, 6) is -0.190. The third-order valence-corrected chi connectivity index (χ3v) is 3.21. The zero-order valence-electron chi connectivity index (χ0n) is 12.3. The van der Waals surface area contributed by atoms with Crippen molar-refractivity contribution in [3.8, 4) is 0 Å². The van der Waals surface area contributed by atoms with Crippen molar-refractivity contribution < 1.29 is 9.53 Å². The Kier molecular flexibility index (Phi) is 6.19. The van der Waals surface area contributed by atoms with E-state index in [2.05, 4.69) is 53.9 Å². The number of esters is 1. The molecule has 0 bridgehead atoms. The summed E-state index contributed by atoms with van der Waals surface area (Å²) in [6.45, 7) is 8.99. The number of benzene rings is 1. The first-order valence-electron chi connectivity index (χ1n) is 6.78. The number of carbonyl (C=O) groups is 1. The van der Waals surface area contributed by atoms with Crippen LogP contribution < -0.4 is 10.2 Å². The van der Waals surface area contributed by atoms with Crippen LogP contribution >= 0.6 is 0 Å². The van der Waals surface area contributed by atoms with Gasteiger partial charge in [0, 0.05) is 31.0 Å². The van der Waals surface area contributed by atoms with Crippen LogP contribution in [-0.2, 0) is 9.53 Å². The Morgan fingerprint density at radius 1 is 1.32 bits per heavy atom. The highest BCUT2D eigenvalue weighted by Gasteiger charge is 2.05. The fraction of sp³-hybridized carbons (Fsp3) is 0.533. The summed E-state index contributed by atoms with van der Waals surface area (Å²) in [6, 6.07) is 6.36. The maximum atomic E-state index is 11.0. The lowest BCUT2D eigenvalue weighted by molar-refractivity contribution is -0.140. The predicted octanol–water partition coefficient (Wildman–Crippen LogP) is 2.82. The molecule has 0 heterocycles. The lowest BCUT2D eigenvalue weighted by Crippen LogP contribution is -2.21. The van der Waals surface area contributed by atoms with E-state index in [1.165, 1.54) is 18.4 Å². The van der Waals surface area contributed by atoms with Gasteiger partial charge in [-0.3, -0.25) is 4.79 Å². The lowest BCUT2D eigenvalue weighted by Gasteiger charge is -2.22. The molecule has 0 atom stereocenters. The monoisotopic (exact) mass is 264 g/mol. The number of ether oxygens (including phenoxy) is 1. The second-order valence-corrected chi connectivity index (χ2v) is 4.42. The van der Waals surface area contributed by atoms with Crippen molar-refractivity contribution >= 4 is 17.3 Å². The molecule has 1 aromatic carbocycles. The average molecular weight is 264 g/mol. The zero-order chi connectivity index (χ0) is 14.3. The van der Waals surface area contributed by atoms with Gasteiger partial charge in [0.15, 0.2) is 0 Å². The molecule has 0 aliphatic carbocycles. The van der Waals surface area contributed by atoms with Gasteiger partial charge in [-0.25, -0.2) is 0 Å². The van der Waals surface area contributed by atoms with Crippen molar-refractivity contribution in [1.82, 2.24) is 0 Å². The smallest absolute Gasteiger partial charge is 0.307 e. The van der Waals surface area contributed by atoms with E-state index in [0.29, 0.717) is 13.0 Å². The number of rotatable bonds is 7. The van der Waals surface area contributed by atoms with E-state index in [4.69, 9.17) is 0 Å². The van der Waals surface area contributed by atoms with E-state index in [1.807, 2.05) is 0 Å². The largest absolute Gasteiger partial charge is 0.469 e. The molecule has 0 aromatic heterocycles. The van der Waals surface area contributed by atoms with Crippen LogP contribution in [0.3, 0.4) is 0 Å². The number of anilines is 2. The van der Waals surface area contributed by atoms with Crippen molar-refractivity contribution in [2.45, 2.75) is 27.2 Å². The minimum absolute atomic E-state index is 0.190. The van der Waals surface area contributed by atoms with Crippen molar-refractivity contribution in [3.63, 3.8) is 0 Å². The summed E-state index contributed by atoms with van der Waals surface area (Å²) in [5.41, 5.74) is 3.50. The number of carbonyl (C=O) groups excluding carboxylic acids is 1.